The fourth-order valence-corrected chi connectivity index (χ4v) is 2.24. The Morgan fingerprint density at radius 2 is 2.42 bits per heavy atom. The molecule has 104 valence electrons. The van der Waals surface area contributed by atoms with Gasteiger partial charge >= 0.3 is 6.03 Å². The Kier molecular flexibility index (Phi) is 4.74. The van der Waals surface area contributed by atoms with Crippen LogP contribution in [0.25, 0.3) is 0 Å². The minimum absolute atomic E-state index is 0.122. The Labute approximate surface area is 114 Å². The lowest BCUT2D eigenvalue weighted by Gasteiger charge is -2.27. The van der Waals surface area contributed by atoms with E-state index in [-0.39, 0.29) is 6.03 Å². The molecule has 5 heteroatoms. The van der Waals surface area contributed by atoms with Crippen LogP contribution >= 0.6 is 0 Å². The molecule has 1 aromatic heterocycles. The van der Waals surface area contributed by atoms with Crippen molar-refractivity contribution in [2.24, 2.45) is 5.92 Å². The van der Waals surface area contributed by atoms with Crippen LogP contribution in [0, 0.1) is 12.8 Å². The van der Waals surface area contributed by atoms with Crippen molar-refractivity contribution in [3.63, 3.8) is 0 Å². The van der Waals surface area contributed by atoms with Gasteiger partial charge in [0.2, 0.25) is 0 Å². The van der Waals surface area contributed by atoms with Crippen molar-refractivity contribution in [2.75, 3.05) is 32.1 Å². The van der Waals surface area contributed by atoms with Crippen molar-refractivity contribution < 1.29 is 9.53 Å². The molecule has 1 aliphatic rings. The summed E-state index contributed by atoms with van der Waals surface area (Å²) in [6.07, 6.45) is 2.21. The highest BCUT2D eigenvalue weighted by Crippen LogP contribution is 2.15. The molecule has 5 nitrogen and oxygen atoms in total. The quantitative estimate of drug-likeness (QED) is 0.910. The smallest absolute Gasteiger partial charge is 0.322 e. The summed E-state index contributed by atoms with van der Waals surface area (Å²) in [5.74, 6) is 1.03. The number of nitrogens with zero attached hydrogens (tertiary/aromatic N) is 2. The van der Waals surface area contributed by atoms with E-state index in [4.69, 9.17) is 4.74 Å². The highest BCUT2D eigenvalue weighted by Gasteiger charge is 2.18. The second kappa shape index (κ2) is 6.52. The summed E-state index contributed by atoms with van der Waals surface area (Å²) in [6, 6.07) is 5.46. The first-order valence-corrected chi connectivity index (χ1v) is 6.68. The van der Waals surface area contributed by atoms with E-state index < -0.39 is 0 Å². The SMILES string of the molecule is Cc1cccc(NC(=O)N(C)C[C@@H]2CCCOC2)n1. The molecule has 1 aromatic rings. The number of carbonyl (C=O) groups is 1. The summed E-state index contributed by atoms with van der Waals surface area (Å²) in [6.45, 7) is 4.22. The molecule has 0 aromatic carbocycles. The van der Waals surface area contributed by atoms with Crippen LogP contribution in [0.3, 0.4) is 0 Å². The van der Waals surface area contributed by atoms with E-state index in [1.165, 1.54) is 0 Å². The molecule has 1 aliphatic heterocycles. The second-order valence-electron chi connectivity index (χ2n) is 5.06. The van der Waals surface area contributed by atoms with Crippen LogP contribution in [0.5, 0.6) is 0 Å². The van der Waals surface area contributed by atoms with Crippen molar-refractivity contribution in [2.45, 2.75) is 19.8 Å². The maximum Gasteiger partial charge on any atom is 0.322 e. The fourth-order valence-electron chi connectivity index (χ4n) is 2.24. The van der Waals surface area contributed by atoms with Gasteiger partial charge in [0.15, 0.2) is 0 Å². The molecule has 2 amide bonds. The molecule has 0 unspecified atom stereocenters. The summed E-state index contributed by atoms with van der Waals surface area (Å²) in [5, 5.41) is 2.81. The number of aromatic nitrogens is 1. The second-order valence-corrected chi connectivity index (χ2v) is 5.06. The van der Waals surface area contributed by atoms with Gasteiger partial charge in [0.1, 0.15) is 5.82 Å². The summed E-state index contributed by atoms with van der Waals surface area (Å²) >= 11 is 0. The number of aryl methyl sites for hydroxylation is 1. The number of pyridine rings is 1. The number of amides is 2. The van der Waals surface area contributed by atoms with E-state index in [1.807, 2.05) is 19.1 Å². The molecule has 1 saturated heterocycles. The van der Waals surface area contributed by atoms with E-state index in [9.17, 15) is 4.79 Å². The van der Waals surface area contributed by atoms with Gasteiger partial charge in [0, 0.05) is 31.8 Å². The molecule has 0 radical (unpaired) electrons. The lowest BCUT2D eigenvalue weighted by Crippen LogP contribution is -2.37. The highest BCUT2D eigenvalue weighted by molar-refractivity contribution is 5.88. The van der Waals surface area contributed by atoms with Gasteiger partial charge in [-0.2, -0.15) is 0 Å². The zero-order chi connectivity index (χ0) is 13.7. The van der Waals surface area contributed by atoms with Gasteiger partial charge in [0.25, 0.3) is 0 Å². The molecule has 0 spiro atoms. The van der Waals surface area contributed by atoms with Crippen LogP contribution < -0.4 is 5.32 Å². The van der Waals surface area contributed by atoms with Crippen LogP contribution in [0.15, 0.2) is 18.2 Å². The number of ether oxygens (including phenoxy) is 1. The van der Waals surface area contributed by atoms with Gasteiger partial charge in [-0.25, -0.2) is 9.78 Å². The zero-order valence-electron chi connectivity index (χ0n) is 11.6. The molecule has 2 heterocycles. The Bertz CT molecular complexity index is 430. The molecular formula is C14H21N3O2. The van der Waals surface area contributed by atoms with Crippen molar-refractivity contribution in [1.82, 2.24) is 9.88 Å². The number of hydrogen-bond acceptors (Lipinski definition) is 3. The maximum atomic E-state index is 12.0. The predicted octanol–water partition coefficient (Wildman–Crippen LogP) is 2.28. The van der Waals surface area contributed by atoms with Crippen LogP contribution in [-0.2, 0) is 4.74 Å². The van der Waals surface area contributed by atoms with Crippen LogP contribution in [0.2, 0.25) is 0 Å². The molecule has 2 rings (SSSR count). The Morgan fingerprint density at radius 3 is 3.11 bits per heavy atom. The van der Waals surface area contributed by atoms with Crippen molar-refractivity contribution in [3.8, 4) is 0 Å². The van der Waals surface area contributed by atoms with Crippen LogP contribution in [0.4, 0.5) is 10.6 Å². The van der Waals surface area contributed by atoms with Gasteiger partial charge in [-0.15, -0.1) is 0 Å². The van der Waals surface area contributed by atoms with Gasteiger partial charge in [-0.05, 0) is 31.9 Å². The molecule has 1 atom stereocenters. The van der Waals surface area contributed by atoms with Crippen molar-refractivity contribution in [3.05, 3.63) is 23.9 Å². The summed E-state index contributed by atoms with van der Waals surface area (Å²) in [5.41, 5.74) is 0.890. The third kappa shape index (κ3) is 4.21. The van der Waals surface area contributed by atoms with Gasteiger partial charge in [0.05, 0.1) is 6.61 Å². The Balaban J connectivity index is 1.84. The topological polar surface area (TPSA) is 54.5 Å². The highest BCUT2D eigenvalue weighted by atomic mass is 16.5. The molecule has 1 N–H and O–H groups in total. The number of urea groups is 1. The number of carbonyl (C=O) groups excluding carboxylic acids is 1. The van der Waals surface area contributed by atoms with E-state index >= 15 is 0 Å². The first-order valence-electron chi connectivity index (χ1n) is 6.68. The lowest BCUT2D eigenvalue weighted by atomic mass is 10.0. The third-order valence-electron chi connectivity index (χ3n) is 3.26. The van der Waals surface area contributed by atoms with E-state index in [0.29, 0.717) is 11.7 Å². The Hall–Kier alpha value is -1.62. The zero-order valence-corrected chi connectivity index (χ0v) is 11.6. The summed E-state index contributed by atoms with van der Waals surface area (Å²) in [7, 11) is 1.81. The van der Waals surface area contributed by atoms with Crippen molar-refractivity contribution in [1.29, 1.82) is 0 Å². The average molecular weight is 263 g/mol. The van der Waals surface area contributed by atoms with E-state index in [2.05, 4.69) is 10.3 Å². The standard InChI is InChI=1S/C14H21N3O2/c1-11-5-3-7-13(15-11)16-14(18)17(2)9-12-6-4-8-19-10-12/h3,5,7,12H,4,6,8-10H2,1-2H3,(H,15,16,18)/t12-/m0/s1. The van der Waals surface area contributed by atoms with E-state index in [0.717, 1.165) is 38.3 Å². The van der Waals surface area contributed by atoms with Crippen molar-refractivity contribution >= 4 is 11.8 Å². The monoisotopic (exact) mass is 263 g/mol. The lowest BCUT2D eigenvalue weighted by molar-refractivity contribution is 0.0464. The largest absolute Gasteiger partial charge is 0.381 e. The molecule has 0 saturated carbocycles. The first kappa shape index (κ1) is 13.8. The molecule has 0 aliphatic carbocycles. The fraction of sp³-hybridized carbons (Fsp3) is 0.571. The van der Waals surface area contributed by atoms with Crippen LogP contribution in [0.1, 0.15) is 18.5 Å². The number of anilines is 1. The minimum Gasteiger partial charge on any atom is -0.381 e. The Morgan fingerprint density at radius 1 is 1.58 bits per heavy atom. The molecular weight excluding hydrogens is 242 g/mol. The van der Waals surface area contributed by atoms with Gasteiger partial charge in [-0.3, -0.25) is 5.32 Å². The first-order chi connectivity index (χ1) is 9.15. The number of rotatable bonds is 3. The van der Waals surface area contributed by atoms with Crippen LogP contribution in [-0.4, -0.2) is 42.7 Å². The van der Waals surface area contributed by atoms with E-state index in [1.54, 1.807) is 18.0 Å². The average Bonchev–Trinajstić information content (AvgIpc) is 2.40. The molecule has 0 bridgehead atoms. The normalized spacial score (nSPS) is 18.9. The molecule has 19 heavy (non-hydrogen) atoms. The molecule has 1 fully saturated rings. The minimum atomic E-state index is -0.122. The van der Waals surface area contributed by atoms with Gasteiger partial charge in [-0.1, -0.05) is 6.07 Å². The predicted molar refractivity (Wildman–Crippen MR) is 74.2 cm³/mol. The number of hydrogen-bond donors (Lipinski definition) is 1. The maximum absolute atomic E-state index is 12.0. The summed E-state index contributed by atoms with van der Waals surface area (Å²) in [4.78, 5) is 18.0. The number of nitrogens with one attached hydrogen (secondary N) is 1. The third-order valence-corrected chi connectivity index (χ3v) is 3.26. The van der Waals surface area contributed by atoms with Gasteiger partial charge < -0.3 is 9.64 Å². The summed E-state index contributed by atoms with van der Waals surface area (Å²) < 4.78 is 5.43.